The van der Waals surface area contributed by atoms with Gasteiger partial charge < -0.3 is 20.5 Å². The van der Waals surface area contributed by atoms with Crippen LogP contribution in [0.4, 0.5) is 6.01 Å². The Morgan fingerprint density at radius 2 is 2.30 bits per heavy atom. The molecule has 0 fully saturated rings. The number of benzene rings is 1. The van der Waals surface area contributed by atoms with Crippen LogP contribution in [0.2, 0.25) is 0 Å². The molecule has 4 N–H and O–H groups in total. The van der Waals surface area contributed by atoms with Crippen LogP contribution in [-0.2, 0) is 0 Å². The van der Waals surface area contributed by atoms with Gasteiger partial charge in [0.05, 0.1) is 5.71 Å². The minimum absolute atomic E-state index is 0.130. The molecular weight excluding hydrogens is 254 g/mol. The summed E-state index contributed by atoms with van der Waals surface area (Å²) in [6.07, 6.45) is 5.19. The standard InChI is InChI=1S/C14H13N5O/c1-8-7-17-13(18-8)5-3-10(15)9-2-4-12-11(6-9)19-14(16)20-12/h2-7,15H,1H3,(H2,16,19)(H,17,18)/b5-3-,15-10?. The molecule has 3 rings (SSSR count). The predicted octanol–water partition coefficient (Wildman–Crippen LogP) is 2.52. The zero-order chi connectivity index (χ0) is 14.1. The van der Waals surface area contributed by atoms with E-state index in [1.165, 1.54) is 0 Å². The number of hydrogen-bond acceptors (Lipinski definition) is 5. The smallest absolute Gasteiger partial charge is 0.292 e. The maximum absolute atomic E-state index is 8.05. The van der Waals surface area contributed by atoms with Crippen LogP contribution < -0.4 is 5.73 Å². The highest BCUT2D eigenvalue weighted by Crippen LogP contribution is 2.18. The molecule has 0 aliphatic heterocycles. The number of hydrogen-bond donors (Lipinski definition) is 3. The van der Waals surface area contributed by atoms with Crippen molar-refractivity contribution in [2.75, 3.05) is 5.73 Å². The summed E-state index contributed by atoms with van der Waals surface area (Å²) in [5.74, 6) is 0.721. The number of aromatic amines is 1. The van der Waals surface area contributed by atoms with Gasteiger partial charge in [-0.1, -0.05) is 0 Å². The minimum atomic E-state index is 0.130. The Bertz CT molecular complexity index is 812. The zero-order valence-electron chi connectivity index (χ0n) is 10.8. The SMILES string of the molecule is Cc1cnc(/C=C\C(=N)c2ccc3oc(N)nc3c2)[nH]1. The lowest BCUT2D eigenvalue weighted by Crippen LogP contribution is -1.94. The Morgan fingerprint density at radius 3 is 3.05 bits per heavy atom. The minimum Gasteiger partial charge on any atom is -0.424 e. The molecule has 1 aromatic carbocycles. The predicted molar refractivity (Wildman–Crippen MR) is 77.6 cm³/mol. The molecule has 0 atom stereocenters. The second-order valence-electron chi connectivity index (χ2n) is 4.43. The molecule has 20 heavy (non-hydrogen) atoms. The Hall–Kier alpha value is -2.89. The molecule has 0 bridgehead atoms. The van der Waals surface area contributed by atoms with Gasteiger partial charge in [0.1, 0.15) is 11.3 Å². The number of H-pyrrole nitrogens is 1. The summed E-state index contributed by atoms with van der Waals surface area (Å²) >= 11 is 0. The van der Waals surface area contributed by atoms with Crippen LogP contribution in [0.3, 0.4) is 0 Å². The number of aromatic nitrogens is 3. The molecule has 6 nitrogen and oxygen atoms in total. The average Bonchev–Trinajstić information content (AvgIpc) is 2.99. The maximum atomic E-state index is 8.05. The highest BCUT2D eigenvalue weighted by molar-refractivity contribution is 6.09. The number of aryl methyl sites for hydroxylation is 1. The quantitative estimate of drug-likeness (QED) is 0.634. The van der Waals surface area contributed by atoms with Gasteiger partial charge in [-0.15, -0.1) is 0 Å². The second-order valence-corrected chi connectivity index (χ2v) is 4.43. The van der Waals surface area contributed by atoms with Gasteiger partial charge in [0.25, 0.3) is 6.01 Å². The molecule has 0 amide bonds. The van der Waals surface area contributed by atoms with Crippen molar-refractivity contribution >= 4 is 28.9 Å². The number of imidazole rings is 1. The molecule has 0 spiro atoms. The van der Waals surface area contributed by atoms with Crippen molar-refractivity contribution in [1.29, 1.82) is 5.41 Å². The number of nitrogens with two attached hydrogens (primary N) is 1. The van der Waals surface area contributed by atoms with Gasteiger partial charge in [-0.25, -0.2) is 4.98 Å². The van der Waals surface area contributed by atoms with Gasteiger partial charge in [0, 0.05) is 17.5 Å². The van der Waals surface area contributed by atoms with Gasteiger partial charge >= 0.3 is 0 Å². The molecule has 2 heterocycles. The normalized spacial score (nSPS) is 11.4. The number of allylic oxidation sites excluding steroid dienone is 1. The molecule has 3 aromatic rings. The first-order valence-electron chi connectivity index (χ1n) is 6.06. The van der Waals surface area contributed by atoms with E-state index in [4.69, 9.17) is 15.6 Å². The summed E-state index contributed by atoms with van der Waals surface area (Å²) in [5, 5.41) is 8.05. The summed E-state index contributed by atoms with van der Waals surface area (Å²) in [7, 11) is 0. The van der Waals surface area contributed by atoms with Crippen molar-refractivity contribution in [2.45, 2.75) is 6.92 Å². The summed E-state index contributed by atoms with van der Waals surface area (Å²) in [5.41, 5.74) is 8.84. The van der Waals surface area contributed by atoms with Crippen LogP contribution in [0.15, 0.2) is 34.9 Å². The van der Waals surface area contributed by atoms with Gasteiger partial charge in [-0.2, -0.15) is 4.98 Å². The van der Waals surface area contributed by atoms with E-state index in [1.807, 2.05) is 6.92 Å². The van der Waals surface area contributed by atoms with Crippen LogP contribution >= 0.6 is 0 Å². The molecule has 0 unspecified atom stereocenters. The third-order valence-electron chi connectivity index (χ3n) is 2.85. The third kappa shape index (κ3) is 2.31. The summed E-state index contributed by atoms with van der Waals surface area (Å²) in [4.78, 5) is 11.3. The van der Waals surface area contributed by atoms with E-state index in [9.17, 15) is 0 Å². The number of rotatable bonds is 3. The van der Waals surface area contributed by atoms with E-state index in [1.54, 1.807) is 36.5 Å². The van der Waals surface area contributed by atoms with E-state index in [-0.39, 0.29) is 6.01 Å². The zero-order valence-corrected chi connectivity index (χ0v) is 10.8. The highest BCUT2D eigenvalue weighted by atomic mass is 16.4. The molecule has 0 saturated heterocycles. The van der Waals surface area contributed by atoms with Crippen LogP contribution in [-0.4, -0.2) is 20.7 Å². The van der Waals surface area contributed by atoms with Crippen LogP contribution in [0.25, 0.3) is 17.2 Å². The van der Waals surface area contributed by atoms with E-state index >= 15 is 0 Å². The van der Waals surface area contributed by atoms with Crippen molar-refractivity contribution in [3.05, 3.63) is 47.6 Å². The van der Waals surface area contributed by atoms with Gasteiger partial charge in [-0.05, 0) is 37.3 Å². The van der Waals surface area contributed by atoms with Crippen LogP contribution in [0.5, 0.6) is 0 Å². The monoisotopic (exact) mass is 267 g/mol. The van der Waals surface area contributed by atoms with Crippen molar-refractivity contribution in [3.8, 4) is 0 Å². The number of oxazole rings is 1. The van der Waals surface area contributed by atoms with Gasteiger partial charge in [-0.3, -0.25) is 0 Å². The van der Waals surface area contributed by atoms with Crippen LogP contribution in [0.1, 0.15) is 17.1 Å². The van der Waals surface area contributed by atoms with Crippen molar-refractivity contribution in [2.24, 2.45) is 0 Å². The molecule has 0 aliphatic rings. The number of nitrogens with one attached hydrogen (secondary N) is 2. The average molecular weight is 267 g/mol. The Kier molecular flexibility index (Phi) is 2.83. The largest absolute Gasteiger partial charge is 0.424 e. The Labute approximate surface area is 114 Å². The molecule has 0 saturated carbocycles. The van der Waals surface area contributed by atoms with Crippen LogP contribution in [0, 0.1) is 12.3 Å². The van der Waals surface area contributed by atoms with E-state index in [2.05, 4.69) is 15.0 Å². The summed E-state index contributed by atoms with van der Waals surface area (Å²) in [6, 6.07) is 5.46. The molecule has 2 aromatic heterocycles. The number of anilines is 1. The second kappa shape index (κ2) is 4.65. The Morgan fingerprint density at radius 1 is 1.45 bits per heavy atom. The maximum Gasteiger partial charge on any atom is 0.292 e. The van der Waals surface area contributed by atoms with E-state index in [0.717, 1.165) is 17.1 Å². The van der Waals surface area contributed by atoms with E-state index in [0.29, 0.717) is 16.8 Å². The fourth-order valence-corrected chi connectivity index (χ4v) is 1.89. The lowest BCUT2D eigenvalue weighted by atomic mass is 10.1. The molecule has 6 heteroatoms. The lowest BCUT2D eigenvalue weighted by Gasteiger charge is -1.97. The number of nitrogen functional groups attached to an aromatic ring is 1. The summed E-state index contributed by atoms with van der Waals surface area (Å²) in [6.45, 7) is 1.93. The molecule has 0 aliphatic carbocycles. The van der Waals surface area contributed by atoms with Gasteiger partial charge in [0.2, 0.25) is 0 Å². The Balaban J connectivity index is 1.86. The fraction of sp³-hybridized carbons (Fsp3) is 0.0714. The molecule has 100 valence electrons. The third-order valence-corrected chi connectivity index (χ3v) is 2.85. The topological polar surface area (TPSA) is 105 Å². The summed E-state index contributed by atoms with van der Waals surface area (Å²) < 4.78 is 5.20. The van der Waals surface area contributed by atoms with E-state index < -0.39 is 0 Å². The van der Waals surface area contributed by atoms with Crippen molar-refractivity contribution in [3.63, 3.8) is 0 Å². The lowest BCUT2D eigenvalue weighted by molar-refractivity contribution is 0.626. The van der Waals surface area contributed by atoms with Gasteiger partial charge in [0.15, 0.2) is 5.58 Å². The van der Waals surface area contributed by atoms with Crippen molar-refractivity contribution in [1.82, 2.24) is 15.0 Å². The first-order valence-corrected chi connectivity index (χ1v) is 6.06. The first-order chi connectivity index (χ1) is 9.61. The number of fused-ring (bicyclic) bond motifs is 1. The first kappa shape index (κ1) is 12.2. The molecule has 0 radical (unpaired) electrons. The molecular formula is C14H13N5O. The van der Waals surface area contributed by atoms with Crippen molar-refractivity contribution < 1.29 is 4.42 Å². The fourth-order valence-electron chi connectivity index (χ4n) is 1.89. The number of nitrogens with zero attached hydrogens (tertiary/aromatic N) is 2. The highest BCUT2D eigenvalue weighted by Gasteiger charge is 2.05.